The molecule has 5 rings (SSSR count). The van der Waals surface area contributed by atoms with Gasteiger partial charge in [-0.1, -0.05) is 29.8 Å². The van der Waals surface area contributed by atoms with Crippen LogP contribution in [-0.2, 0) is 6.54 Å². The summed E-state index contributed by atoms with van der Waals surface area (Å²) in [6, 6.07) is 11.9. The van der Waals surface area contributed by atoms with Crippen molar-refractivity contribution in [3.8, 4) is 22.4 Å². The minimum absolute atomic E-state index is 0.114. The number of nitrogens with one attached hydrogen (secondary N) is 1. The molecule has 0 saturated carbocycles. The largest absolute Gasteiger partial charge is 0.351 e. The molecule has 1 N–H and O–H groups in total. The number of halogens is 1. The topological polar surface area (TPSA) is 72.7 Å². The van der Waals surface area contributed by atoms with Crippen LogP contribution >= 0.6 is 23.4 Å². The zero-order valence-electron chi connectivity index (χ0n) is 19.2. The number of pyridine rings is 2. The zero-order valence-corrected chi connectivity index (χ0v) is 20.8. The number of aromatic nitrogens is 4. The van der Waals surface area contributed by atoms with Gasteiger partial charge in [-0.15, -0.1) is 0 Å². The molecule has 1 aliphatic rings. The number of hydrogen-bond donors (Lipinski definition) is 1. The fourth-order valence-corrected chi connectivity index (χ4v) is 5.80. The third-order valence-corrected chi connectivity index (χ3v) is 7.60. The number of rotatable bonds is 5. The molecule has 0 amide bonds. The molecule has 1 saturated heterocycles. The lowest BCUT2D eigenvalue weighted by Crippen LogP contribution is -2.26. The van der Waals surface area contributed by atoms with Crippen LogP contribution in [0.4, 0.5) is 5.95 Å². The van der Waals surface area contributed by atoms with Crippen LogP contribution in [0.25, 0.3) is 33.4 Å². The Bertz CT molecular complexity index is 1410. The fourth-order valence-electron chi connectivity index (χ4n) is 4.41. The molecule has 34 heavy (non-hydrogen) atoms. The fraction of sp³-hybridized carbons (Fsp3) is 0.308. The number of benzene rings is 1. The average molecular weight is 492 g/mol. The first-order valence-corrected chi connectivity index (χ1v) is 13.0. The van der Waals surface area contributed by atoms with Crippen molar-refractivity contribution in [1.82, 2.24) is 19.5 Å². The number of fused-ring (bicyclic) bond motifs is 1. The molecule has 1 aliphatic heterocycles. The van der Waals surface area contributed by atoms with Crippen LogP contribution < -0.4 is 10.9 Å². The van der Waals surface area contributed by atoms with Crippen LogP contribution in [0.1, 0.15) is 25.3 Å². The van der Waals surface area contributed by atoms with E-state index in [0.29, 0.717) is 40.3 Å². The smallest absolute Gasteiger partial charge is 0.260 e. The monoisotopic (exact) mass is 491 g/mol. The summed E-state index contributed by atoms with van der Waals surface area (Å²) in [6.07, 6.45) is 5.75. The third-order valence-electron chi connectivity index (χ3n) is 6.24. The molecular weight excluding hydrogens is 466 g/mol. The van der Waals surface area contributed by atoms with Gasteiger partial charge in [0.1, 0.15) is 5.65 Å². The van der Waals surface area contributed by atoms with E-state index in [9.17, 15) is 4.79 Å². The number of aryl methyl sites for hydroxylation is 2. The average Bonchev–Trinajstić information content (AvgIpc) is 2.85. The van der Waals surface area contributed by atoms with Gasteiger partial charge in [0.15, 0.2) is 0 Å². The predicted octanol–water partition coefficient (Wildman–Crippen LogP) is 5.81. The molecule has 1 aromatic carbocycles. The van der Waals surface area contributed by atoms with Crippen molar-refractivity contribution in [2.45, 2.75) is 39.3 Å². The van der Waals surface area contributed by atoms with Crippen LogP contribution in [0, 0.1) is 6.92 Å². The predicted molar refractivity (Wildman–Crippen MR) is 142 cm³/mol. The molecule has 174 valence electrons. The van der Waals surface area contributed by atoms with E-state index in [4.69, 9.17) is 16.6 Å². The maximum atomic E-state index is 13.5. The van der Waals surface area contributed by atoms with Gasteiger partial charge in [-0.25, -0.2) is 4.98 Å². The van der Waals surface area contributed by atoms with E-state index in [1.165, 1.54) is 0 Å². The first-order chi connectivity index (χ1) is 16.5. The van der Waals surface area contributed by atoms with Gasteiger partial charge < -0.3 is 5.32 Å². The molecule has 0 unspecified atom stereocenters. The van der Waals surface area contributed by atoms with Gasteiger partial charge in [0.05, 0.1) is 5.69 Å². The van der Waals surface area contributed by atoms with Crippen molar-refractivity contribution in [1.29, 1.82) is 0 Å². The van der Waals surface area contributed by atoms with Crippen molar-refractivity contribution in [3.63, 3.8) is 0 Å². The van der Waals surface area contributed by atoms with Gasteiger partial charge in [-0.05, 0) is 62.0 Å². The summed E-state index contributed by atoms with van der Waals surface area (Å²) in [6.45, 7) is 4.47. The van der Waals surface area contributed by atoms with Crippen LogP contribution in [-0.4, -0.2) is 37.1 Å². The van der Waals surface area contributed by atoms with Crippen molar-refractivity contribution in [3.05, 3.63) is 69.7 Å². The van der Waals surface area contributed by atoms with E-state index in [1.54, 1.807) is 17.0 Å². The molecule has 3 aromatic heterocycles. The highest BCUT2D eigenvalue weighted by Crippen LogP contribution is 2.32. The quantitative estimate of drug-likeness (QED) is 0.380. The van der Waals surface area contributed by atoms with Gasteiger partial charge >= 0.3 is 0 Å². The van der Waals surface area contributed by atoms with Crippen LogP contribution in [0.2, 0.25) is 5.02 Å². The maximum absolute atomic E-state index is 13.5. The highest BCUT2D eigenvalue weighted by molar-refractivity contribution is 7.99. The zero-order chi connectivity index (χ0) is 23.7. The Morgan fingerprint density at radius 2 is 1.97 bits per heavy atom. The Labute approximate surface area is 207 Å². The second-order valence-corrected chi connectivity index (χ2v) is 10.1. The van der Waals surface area contributed by atoms with Gasteiger partial charge in [0, 0.05) is 52.1 Å². The number of hydrogen-bond acceptors (Lipinski definition) is 6. The van der Waals surface area contributed by atoms with Gasteiger partial charge in [0.25, 0.3) is 5.56 Å². The van der Waals surface area contributed by atoms with Crippen molar-refractivity contribution < 1.29 is 0 Å². The van der Waals surface area contributed by atoms with Gasteiger partial charge in [0.2, 0.25) is 5.95 Å². The highest BCUT2D eigenvalue weighted by Gasteiger charge is 2.18. The van der Waals surface area contributed by atoms with E-state index in [2.05, 4.69) is 15.3 Å². The summed E-state index contributed by atoms with van der Waals surface area (Å²) in [4.78, 5) is 27.2. The van der Waals surface area contributed by atoms with Gasteiger partial charge in [-0.3, -0.25) is 14.3 Å². The third kappa shape index (κ3) is 4.42. The number of thioether (sulfide) groups is 1. The summed E-state index contributed by atoms with van der Waals surface area (Å²) in [5.41, 5.74) is 4.62. The van der Waals surface area contributed by atoms with Crippen molar-refractivity contribution in [2.75, 3.05) is 16.8 Å². The number of nitrogens with zero attached hydrogens (tertiary/aromatic N) is 4. The van der Waals surface area contributed by atoms with Crippen LogP contribution in [0.15, 0.2) is 53.6 Å². The standard InChI is InChI=1S/C26H26ClN5OS/c1-3-32-24-18(15-29-26(31-24)30-19-8-11-34-12-9-19)13-21(25(32)33)20-7-6-17(14-22(20)27)23-16(2)5-4-10-28-23/h4-7,10,13-15,19H,3,8-9,11-12H2,1-2H3,(H,29,30,31). The Balaban J connectivity index is 1.55. The molecule has 4 heterocycles. The minimum Gasteiger partial charge on any atom is -0.351 e. The lowest BCUT2D eigenvalue weighted by atomic mass is 10.0. The first-order valence-electron chi connectivity index (χ1n) is 11.5. The molecule has 0 bridgehead atoms. The van der Waals surface area contributed by atoms with Crippen LogP contribution in [0.5, 0.6) is 0 Å². The van der Waals surface area contributed by atoms with E-state index in [-0.39, 0.29) is 5.56 Å². The molecular formula is C26H26ClN5OS. The molecule has 8 heteroatoms. The summed E-state index contributed by atoms with van der Waals surface area (Å²) in [5.74, 6) is 2.87. The molecule has 6 nitrogen and oxygen atoms in total. The van der Waals surface area contributed by atoms with E-state index in [1.807, 2.05) is 62.0 Å². The molecule has 0 radical (unpaired) electrons. The molecule has 4 aromatic rings. The van der Waals surface area contributed by atoms with E-state index in [0.717, 1.165) is 46.6 Å². The Morgan fingerprint density at radius 3 is 2.71 bits per heavy atom. The SMILES string of the molecule is CCn1c(=O)c(-c2ccc(-c3ncccc3C)cc2Cl)cc2cnc(NC3CCSCC3)nc21. The first kappa shape index (κ1) is 22.9. The summed E-state index contributed by atoms with van der Waals surface area (Å²) in [5, 5.41) is 4.77. The molecule has 0 aliphatic carbocycles. The second-order valence-electron chi connectivity index (χ2n) is 8.47. The maximum Gasteiger partial charge on any atom is 0.260 e. The Kier molecular flexibility index (Phi) is 6.57. The lowest BCUT2D eigenvalue weighted by molar-refractivity contribution is 0.659. The normalized spacial score (nSPS) is 14.4. The summed E-state index contributed by atoms with van der Waals surface area (Å²) < 4.78 is 1.70. The minimum atomic E-state index is -0.114. The lowest BCUT2D eigenvalue weighted by Gasteiger charge is -2.22. The molecule has 1 fully saturated rings. The summed E-state index contributed by atoms with van der Waals surface area (Å²) >= 11 is 8.68. The molecule has 0 spiro atoms. The van der Waals surface area contributed by atoms with E-state index >= 15 is 0 Å². The van der Waals surface area contributed by atoms with E-state index < -0.39 is 0 Å². The highest BCUT2D eigenvalue weighted by atomic mass is 35.5. The van der Waals surface area contributed by atoms with Gasteiger partial charge in [-0.2, -0.15) is 16.7 Å². The summed E-state index contributed by atoms with van der Waals surface area (Å²) in [7, 11) is 0. The van der Waals surface area contributed by atoms with Crippen molar-refractivity contribution in [2.24, 2.45) is 0 Å². The Morgan fingerprint density at radius 1 is 1.15 bits per heavy atom. The van der Waals surface area contributed by atoms with Crippen molar-refractivity contribution >= 4 is 40.3 Å². The second kappa shape index (κ2) is 9.76. The Hall–Kier alpha value is -2.90. The molecule has 0 atom stereocenters. The number of anilines is 1. The van der Waals surface area contributed by atoms with Crippen LogP contribution in [0.3, 0.4) is 0 Å².